The minimum Gasteiger partial charge on any atom is -0.491 e. The van der Waals surface area contributed by atoms with Crippen LogP contribution in [0, 0.1) is 0 Å². The summed E-state index contributed by atoms with van der Waals surface area (Å²) in [6.45, 7) is 1.34. The Balaban J connectivity index is 1.71. The van der Waals surface area contributed by atoms with Gasteiger partial charge in [0.15, 0.2) is 0 Å². The molecule has 182 valence electrons. The highest BCUT2D eigenvalue weighted by Crippen LogP contribution is 2.26. The van der Waals surface area contributed by atoms with Gasteiger partial charge < -0.3 is 14.5 Å². The molecular weight excluding hydrogens is 483 g/mol. The molecule has 0 unspecified atom stereocenters. The lowest BCUT2D eigenvalue weighted by Crippen LogP contribution is -2.46. The maximum absolute atomic E-state index is 13.7. The van der Waals surface area contributed by atoms with Gasteiger partial charge in [0.1, 0.15) is 12.4 Å². The molecule has 35 heavy (non-hydrogen) atoms. The molecular formula is C28H28Cl2N2O3. The maximum atomic E-state index is 13.7. The number of amides is 2. The van der Waals surface area contributed by atoms with Crippen LogP contribution in [0.3, 0.4) is 0 Å². The Morgan fingerprint density at radius 1 is 0.943 bits per heavy atom. The second kappa shape index (κ2) is 11.6. The number of hydrogen-bond acceptors (Lipinski definition) is 3. The lowest BCUT2D eigenvalue weighted by Gasteiger charge is -2.33. The molecule has 1 heterocycles. The summed E-state index contributed by atoms with van der Waals surface area (Å²) in [6, 6.07) is 21.9. The van der Waals surface area contributed by atoms with Crippen molar-refractivity contribution in [2.24, 2.45) is 0 Å². The topological polar surface area (TPSA) is 49.9 Å². The number of fused-ring (bicyclic) bond motifs is 1. The highest BCUT2D eigenvalue weighted by atomic mass is 35.5. The third kappa shape index (κ3) is 6.36. The molecule has 0 saturated carbocycles. The number of rotatable bonds is 3. The minimum absolute atomic E-state index is 0.0881. The summed E-state index contributed by atoms with van der Waals surface area (Å²) in [5.74, 6) is 0.240. The van der Waals surface area contributed by atoms with Crippen LogP contribution >= 0.6 is 23.2 Å². The smallest absolute Gasteiger partial charge is 0.257 e. The molecule has 1 aliphatic rings. The van der Waals surface area contributed by atoms with E-state index >= 15 is 0 Å². The molecule has 0 N–H and O–H groups in total. The SMILES string of the molecule is CN1CCCCN(C(=O)c2cccc(Cl)c2)[C@@H](Cc2ccccc2)COc2ccc(Cl)cc2C1=O. The molecule has 0 radical (unpaired) electrons. The first-order chi connectivity index (χ1) is 16.9. The quantitative estimate of drug-likeness (QED) is 0.434. The zero-order valence-corrected chi connectivity index (χ0v) is 21.1. The summed E-state index contributed by atoms with van der Waals surface area (Å²) in [7, 11) is 1.77. The summed E-state index contributed by atoms with van der Waals surface area (Å²) < 4.78 is 6.23. The van der Waals surface area contributed by atoms with E-state index in [1.54, 1.807) is 54.4 Å². The largest absolute Gasteiger partial charge is 0.491 e. The van der Waals surface area contributed by atoms with Crippen LogP contribution in [0.15, 0.2) is 72.8 Å². The van der Waals surface area contributed by atoms with Gasteiger partial charge in [-0.2, -0.15) is 0 Å². The van der Waals surface area contributed by atoms with E-state index in [1.165, 1.54) is 0 Å². The van der Waals surface area contributed by atoms with Gasteiger partial charge in [0, 0.05) is 35.7 Å². The van der Waals surface area contributed by atoms with Gasteiger partial charge in [0.05, 0.1) is 11.6 Å². The predicted octanol–water partition coefficient (Wildman–Crippen LogP) is 5.99. The summed E-state index contributed by atoms with van der Waals surface area (Å²) in [5.41, 5.74) is 2.07. The van der Waals surface area contributed by atoms with Crippen LogP contribution in [0.5, 0.6) is 5.75 Å². The number of nitrogens with zero attached hydrogens (tertiary/aromatic N) is 2. The van der Waals surface area contributed by atoms with Crippen LogP contribution < -0.4 is 4.74 Å². The molecule has 0 aliphatic carbocycles. The number of benzene rings is 3. The van der Waals surface area contributed by atoms with Gasteiger partial charge in [0.2, 0.25) is 0 Å². The highest BCUT2D eigenvalue weighted by molar-refractivity contribution is 6.31. The molecule has 0 bridgehead atoms. The Hall–Kier alpha value is -3.02. The molecule has 7 heteroatoms. The summed E-state index contributed by atoms with van der Waals surface area (Å²) in [6.07, 6.45) is 2.12. The molecule has 0 aromatic heterocycles. The standard InChI is InChI=1S/C28H28Cl2N2O3/c1-31-14-5-6-15-32(27(33)21-10-7-11-22(29)17-21)24(16-20-8-3-2-4-9-20)19-35-26-13-12-23(30)18-25(26)28(31)34/h2-4,7-13,17-18,24H,5-6,14-16,19H2,1H3/t24-/m0/s1. The fourth-order valence-electron chi connectivity index (χ4n) is 4.30. The van der Waals surface area contributed by atoms with Crippen molar-refractivity contribution in [2.45, 2.75) is 25.3 Å². The van der Waals surface area contributed by atoms with Crippen LogP contribution in [-0.2, 0) is 6.42 Å². The Labute approximate surface area is 216 Å². The number of carbonyl (C=O) groups excluding carboxylic acids is 2. The molecule has 0 fully saturated rings. The van der Waals surface area contributed by atoms with E-state index in [4.69, 9.17) is 27.9 Å². The zero-order chi connectivity index (χ0) is 24.8. The number of ether oxygens (including phenoxy) is 1. The number of hydrogen-bond donors (Lipinski definition) is 0. The summed E-state index contributed by atoms with van der Waals surface area (Å²) in [5, 5.41) is 0.992. The molecule has 4 rings (SSSR count). The number of halogens is 2. The average Bonchev–Trinajstić information content (AvgIpc) is 2.86. The second-order valence-corrected chi connectivity index (χ2v) is 9.61. The van der Waals surface area contributed by atoms with Crippen LogP contribution in [0.4, 0.5) is 0 Å². The Bertz CT molecular complexity index is 1190. The molecule has 1 aliphatic heterocycles. The second-order valence-electron chi connectivity index (χ2n) is 8.74. The van der Waals surface area contributed by atoms with E-state index in [0.29, 0.717) is 46.4 Å². The van der Waals surface area contributed by atoms with Crippen LogP contribution in [0.25, 0.3) is 0 Å². The minimum atomic E-state index is -0.250. The molecule has 1 atom stereocenters. The lowest BCUT2D eigenvalue weighted by molar-refractivity contribution is 0.0590. The van der Waals surface area contributed by atoms with Crippen molar-refractivity contribution in [3.05, 3.63) is 99.5 Å². The van der Waals surface area contributed by atoms with E-state index < -0.39 is 0 Å². The van der Waals surface area contributed by atoms with E-state index in [-0.39, 0.29) is 24.5 Å². The van der Waals surface area contributed by atoms with Crippen molar-refractivity contribution >= 4 is 35.0 Å². The first-order valence-electron chi connectivity index (χ1n) is 11.7. The average molecular weight is 511 g/mol. The molecule has 0 spiro atoms. The fraction of sp³-hybridized carbons (Fsp3) is 0.286. The Kier molecular flexibility index (Phi) is 8.32. The Morgan fingerprint density at radius 3 is 2.46 bits per heavy atom. The van der Waals surface area contributed by atoms with E-state index in [9.17, 15) is 9.59 Å². The van der Waals surface area contributed by atoms with Crippen molar-refractivity contribution in [2.75, 3.05) is 26.7 Å². The zero-order valence-electron chi connectivity index (χ0n) is 19.6. The van der Waals surface area contributed by atoms with Crippen molar-refractivity contribution in [1.82, 2.24) is 9.80 Å². The summed E-state index contributed by atoms with van der Waals surface area (Å²) in [4.78, 5) is 30.3. The van der Waals surface area contributed by atoms with Crippen molar-refractivity contribution < 1.29 is 14.3 Å². The van der Waals surface area contributed by atoms with Gasteiger partial charge in [-0.05, 0) is 61.2 Å². The van der Waals surface area contributed by atoms with E-state index in [0.717, 1.165) is 18.4 Å². The van der Waals surface area contributed by atoms with Crippen molar-refractivity contribution in [1.29, 1.82) is 0 Å². The van der Waals surface area contributed by atoms with Gasteiger partial charge in [-0.15, -0.1) is 0 Å². The molecule has 2 amide bonds. The van der Waals surface area contributed by atoms with Gasteiger partial charge >= 0.3 is 0 Å². The summed E-state index contributed by atoms with van der Waals surface area (Å²) >= 11 is 12.4. The molecule has 3 aromatic rings. The predicted molar refractivity (Wildman–Crippen MR) is 140 cm³/mol. The van der Waals surface area contributed by atoms with Gasteiger partial charge in [-0.3, -0.25) is 9.59 Å². The Morgan fingerprint density at radius 2 is 1.69 bits per heavy atom. The van der Waals surface area contributed by atoms with Crippen molar-refractivity contribution in [3.8, 4) is 5.75 Å². The normalized spacial score (nSPS) is 17.1. The van der Waals surface area contributed by atoms with Crippen LogP contribution in [0.2, 0.25) is 10.0 Å². The fourth-order valence-corrected chi connectivity index (χ4v) is 4.66. The van der Waals surface area contributed by atoms with Gasteiger partial charge in [-0.25, -0.2) is 0 Å². The third-order valence-electron chi connectivity index (χ3n) is 6.18. The lowest BCUT2D eigenvalue weighted by atomic mass is 10.0. The monoisotopic (exact) mass is 510 g/mol. The first-order valence-corrected chi connectivity index (χ1v) is 12.5. The van der Waals surface area contributed by atoms with Gasteiger partial charge in [-0.1, -0.05) is 59.6 Å². The van der Waals surface area contributed by atoms with E-state index in [1.807, 2.05) is 35.2 Å². The van der Waals surface area contributed by atoms with Gasteiger partial charge in [0.25, 0.3) is 11.8 Å². The number of carbonyl (C=O) groups is 2. The van der Waals surface area contributed by atoms with Crippen molar-refractivity contribution in [3.63, 3.8) is 0 Å². The molecule has 3 aromatic carbocycles. The van der Waals surface area contributed by atoms with Crippen LogP contribution in [0.1, 0.15) is 39.1 Å². The highest BCUT2D eigenvalue weighted by Gasteiger charge is 2.28. The van der Waals surface area contributed by atoms with E-state index in [2.05, 4.69) is 0 Å². The third-order valence-corrected chi connectivity index (χ3v) is 6.65. The maximum Gasteiger partial charge on any atom is 0.257 e. The molecule has 5 nitrogen and oxygen atoms in total. The molecule has 0 saturated heterocycles. The van der Waals surface area contributed by atoms with Crippen LogP contribution in [-0.4, -0.2) is 54.4 Å². The first kappa shape index (κ1) is 25.1.